The van der Waals surface area contributed by atoms with Crippen LogP contribution in [0.3, 0.4) is 0 Å². The Hall–Kier alpha value is -2.06. The van der Waals surface area contributed by atoms with Crippen LogP contribution in [0.2, 0.25) is 0 Å². The monoisotopic (exact) mass is 617 g/mol. The maximum atomic E-state index is 14.7. The van der Waals surface area contributed by atoms with Gasteiger partial charge in [0.05, 0.1) is 25.9 Å². The van der Waals surface area contributed by atoms with Crippen molar-refractivity contribution in [3.05, 3.63) is 85.8 Å². The Morgan fingerprint density at radius 3 is 1.77 bits per heavy atom. The molecule has 1 atom stereocenters. The Morgan fingerprint density at radius 2 is 1.29 bits per heavy atom. The van der Waals surface area contributed by atoms with E-state index in [1.165, 1.54) is 0 Å². The van der Waals surface area contributed by atoms with Gasteiger partial charge >= 0.3 is 7.60 Å². The molecule has 1 unspecified atom stereocenters. The first-order valence-electron chi connectivity index (χ1n) is 11.3. The van der Waals surface area contributed by atoms with Crippen molar-refractivity contribution in [3.8, 4) is 17.6 Å². The summed E-state index contributed by atoms with van der Waals surface area (Å²) in [5.41, 5.74) is 2.57. The van der Waals surface area contributed by atoms with Crippen molar-refractivity contribution in [1.82, 2.24) is 0 Å². The zero-order valence-electron chi connectivity index (χ0n) is 21.1. The fourth-order valence-electron chi connectivity index (χ4n) is 3.66. The summed E-state index contributed by atoms with van der Waals surface area (Å²) >= 11 is 7.18. The number of halogens is 2. The molecular weight excluding hydrogens is 589 g/mol. The molecule has 0 radical (unpaired) electrons. The van der Waals surface area contributed by atoms with Gasteiger partial charge in [-0.3, -0.25) is 0 Å². The first-order valence-corrected chi connectivity index (χ1v) is 14.4. The fourth-order valence-corrected chi connectivity index (χ4v) is 6.77. The second kappa shape index (κ2) is 10.1. The third-order valence-corrected chi connectivity index (χ3v) is 8.43. The van der Waals surface area contributed by atoms with Crippen molar-refractivity contribution >= 4 is 44.8 Å². The van der Waals surface area contributed by atoms with Gasteiger partial charge in [0.15, 0.2) is 0 Å². The largest absolute Gasteiger partial charge is 0.462 e. The van der Waals surface area contributed by atoms with Crippen molar-refractivity contribution in [1.29, 1.82) is 5.26 Å². The molecule has 0 aromatic heterocycles. The van der Waals surface area contributed by atoms with Gasteiger partial charge in [-0.2, -0.15) is 5.26 Å². The van der Waals surface area contributed by atoms with Gasteiger partial charge in [0.1, 0.15) is 11.5 Å². The molecule has 4 nitrogen and oxygen atoms in total. The molecule has 0 amide bonds. The number of benzene rings is 3. The number of nitriles is 1. The molecule has 0 aliphatic heterocycles. The third kappa shape index (κ3) is 6.20. The first kappa shape index (κ1) is 27.5. The van der Waals surface area contributed by atoms with E-state index in [4.69, 9.17) is 9.05 Å². The Morgan fingerprint density at radius 1 is 0.800 bits per heavy atom. The van der Waals surface area contributed by atoms with Crippen LogP contribution < -0.4 is 14.4 Å². The molecule has 0 aliphatic carbocycles. The Kier molecular flexibility index (Phi) is 7.97. The summed E-state index contributed by atoms with van der Waals surface area (Å²) in [6.45, 7) is 14.3. The van der Waals surface area contributed by atoms with E-state index in [-0.39, 0.29) is 10.8 Å². The molecule has 0 aliphatic rings. The second-order valence-corrected chi connectivity index (χ2v) is 14.2. The lowest BCUT2D eigenvalue weighted by atomic mass is 9.85. The molecule has 0 saturated heterocycles. The molecule has 3 rings (SSSR count). The summed E-state index contributed by atoms with van der Waals surface area (Å²) in [5, 5.41) is 9.95. The van der Waals surface area contributed by atoms with E-state index >= 15 is 0 Å². The van der Waals surface area contributed by atoms with Gasteiger partial charge in [-0.25, -0.2) is 4.57 Å². The lowest BCUT2D eigenvalue weighted by Gasteiger charge is -2.30. The van der Waals surface area contributed by atoms with E-state index in [1.54, 1.807) is 24.3 Å². The van der Waals surface area contributed by atoms with Gasteiger partial charge in [-0.05, 0) is 85.5 Å². The van der Waals surface area contributed by atoms with Crippen LogP contribution in [0.4, 0.5) is 0 Å². The molecule has 0 saturated carbocycles. The van der Waals surface area contributed by atoms with E-state index in [1.807, 2.05) is 58.0 Å². The molecule has 3 aromatic carbocycles. The molecule has 7 heteroatoms. The molecule has 3 aromatic rings. The van der Waals surface area contributed by atoms with Gasteiger partial charge in [0, 0.05) is 11.1 Å². The van der Waals surface area contributed by atoms with E-state index in [9.17, 15) is 9.83 Å². The highest BCUT2D eigenvalue weighted by molar-refractivity contribution is 9.11. The third-order valence-electron chi connectivity index (χ3n) is 5.47. The zero-order valence-corrected chi connectivity index (χ0v) is 25.1. The van der Waals surface area contributed by atoms with Crippen molar-refractivity contribution in [2.45, 2.75) is 59.3 Å². The minimum absolute atomic E-state index is 0.267. The number of nitrogens with zero attached hydrogens (tertiary/aromatic N) is 1. The van der Waals surface area contributed by atoms with Crippen molar-refractivity contribution < 1.29 is 13.6 Å². The van der Waals surface area contributed by atoms with E-state index in [0.29, 0.717) is 31.3 Å². The predicted molar refractivity (Wildman–Crippen MR) is 150 cm³/mol. The highest BCUT2D eigenvalue weighted by atomic mass is 79.9. The second-order valence-electron chi connectivity index (χ2n) is 10.6. The average Bonchev–Trinajstić information content (AvgIpc) is 2.75. The molecule has 0 bridgehead atoms. The Bertz CT molecular complexity index is 1330. The molecule has 0 spiro atoms. The van der Waals surface area contributed by atoms with Crippen molar-refractivity contribution in [3.63, 3.8) is 0 Å². The topological polar surface area (TPSA) is 59.3 Å². The zero-order chi connectivity index (χ0) is 26.2. The minimum Gasteiger partial charge on any atom is -0.411 e. The number of rotatable bonds is 5. The van der Waals surface area contributed by atoms with E-state index in [2.05, 4.69) is 58.7 Å². The van der Waals surface area contributed by atoms with Gasteiger partial charge in [-0.15, -0.1) is 0 Å². The van der Waals surface area contributed by atoms with Crippen LogP contribution in [0.1, 0.15) is 63.8 Å². The fraction of sp³-hybridized carbons (Fsp3) is 0.321. The van der Waals surface area contributed by atoms with Gasteiger partial charge in [-0.1, -0.05) is 65.8 Å². The summed E-state index contributed by atoms with van der Waals surface area (Å²) in [4.78, 5) is 0. The number of aryl methyl sites for hydroxylation is 1. The lowest BCUT2D eigenvalue weighted by Crippen LogP contribution is -2.20. The van der Waals surface area contributed by atoms with Crippen LogP contribution in [0.25, 0.3) is 0 Å². The normalized spacial score (nSPS) is 13.6. The summed E-state index contributed by atoms with van der Waals surface area (Å²) in [7, 11) is -3.94. The van der Waals surface area contributed by atoms with Crippen LogP contribution in [0.5, 0.6) is 11.5 Å². The maximum Gasteiger partial charge on any atom is 0.462 e. The maximum absolute atomic E-state index is 14.7. The van der Waals surface area contributed by atoms with Crippen molar-refractivity contribution in [2.24, 2.45) is 0 Å². The quantitative estimate of drug-likeness (QED) is 0.268. The molecular formula is C28H30Br2NO3P. The summed E-state index contributed by atoms with van der Waals surface area (Å²) in [6, 6.07) is 18.6. The van der Waals surface area contributed by atoms with Gasteiger partial charge in [0.25, 0.3) is 0 Å². The molecule has 0 heterocycles. The summed E-state index contributed by atoms with van der Waals surface area (Å²) in [5.74, 6) is 0.876. The number of hydrogen-bond donors (Lipinski definition) is 0. The standard InChI is InChI=1S/C28H30Br2NO3P/c1-18-13-21(27(2,3)4)25(23(29)14-18)33-35(32,20-11-9-8-10-12-20)34-26-22(28(5,6)7)15-19(17-31)16-24(26)30/h8-16H,1-7H3. The summed E-state index contributed by atoms with van der Waals surface area (Å²) < 4.78 is 28.8. The van der Waals surface area contributed by atoms with Crippen LogP contribution in [-0.2, 0) is 15.4 Å². The Balaban J connectivity index is 2.26. The molecule has 184 valence electrons. The van der Waals surface area contributed by atoms with Gasteiger partial charge < -0.3 is 9.05 Å². The lowest BCUT2D eigenvalue weighted by molar-refractivity contribution is 0.385. The highest BCUT2D eigenvalue weighted by Gasteiger charge is 2.37. The molecule has 0 fully saturated rings. The van der Waals surface area contributed by atoms with Gasteiger partial charge in [0.2, 0.25) is 0 Å². The van der Waals surface area contributed by atoms with E-state index in [0.717, 1.165) is 16.7 Å². The SMILES string of the molecule is Cc1cc(Br)c(OP(=O)(Oc2c(Br)cc(C#N)cc2C(C)(C)C)c2ccccc2)c(C(C)(C)C)c1. The average molecular weight is 619 g/mol. The minimum atomic E-state index is -3.94. The van der Waals surface area contributed by atoms with E-state index < -0.39 is 7.60 Å². The number of hydrogen-bond acceptors (Lipinski definition) is 4. The summed E-state index contributed by atoms with van der Waals surface area (Å²) in [6.07, 6.45) is 0. The Labute approximate surface area is 225 Å². The highest BCUT2D eigenvalue weighted by Crippen LogP contribution is 2.54. The van der Waals surface area contributed by atoms with Crippen LogP contribution >= 0.6 is 39.5 Å². The molecule has 0 N–H and O–H groups in total. The smallest absolute Gasteiger partial charge is 0.411 e. The predicted octanol–water partition coefficient (Wildman–Crippen LogP) is 8.96. The van der Waals surface area contributed by atoms with Crippen LogP contribution in [0, 0.1) is 18.3 Å². The molecule has 35 heavy (non-hydrogen) atoms. The van der Waals surface area contributed by atoms with Crippen LogP contribution in [-0.4, -0.2) is 0 Å². The first-order chi connectivity index (χ1) is 16.2. The van der Waals surface area contributed by atoms with Crippen LogP contribution in [0.15, 0.2) is 63.5 Å². The van der Waals surface area contributed by atoms with Crippen molar-refractivity contribution in [2.75, 3.05) is 0 Å².